The van der Waals surface area contributed by atoms with Crippen LogP contribution in [0.15, 0.2) is 42.7 Å². The van der Waals surface area contributed by atoms with E-state index in [1.807, 2.05) is 24.4 Å². The van der Waals surface area contributed by atoms with Crippen LogP contribution in [-0.2, 0) is 17.0 Å². The second-order valence-electron chi connectivity index (χ2n) is 4.69. The van der Waals surface area contributed by atoms with Crippen molar-refractivity contribution in [2.75, 3.05) is 12.3 Å². The second kappa shape index (κ2) is 9.03. The molecule has 0 saturated carbocycles. The Kier molecular flexibility index (Phi) is 7.03. The van der Waals surface area contributed by atoms with Gasteiger partial charge in [-0.2, -0.15) is 0 Å². The van der Waals surface area contributed by atoms with Crippen LogP contribution < -0.4 is 5.32 Å². The summed E-state index contributed by atoms with van der Waals surface area (Å²) in [5.41, 5.74) is 2.10. The summed E-state index contributed by atoms with van der Waals surface area (Å²) < 4.78 is 0. The first kappa shape index (κ1) is 17.1. The van der Waals surface area contributed by atoms with E-state index in [0.717, 1.165) is 17.5 Å². The van der Waals surface area contributed by atoms with Crippen LogP contribution in [0.25, 0.3) is 0 Å². The highest BCUT2D eigenvalue weighted by molar-refractivity contribution is 7.99. The third-order valence-corrected chi connectivity index (χ3v) is 4.53. The van der Waals surface area contributed by atoms with Gasteiger partial charge >= 0.3 is 0 Å². The van der Waals surface area contributed by atoms with E-state index in [4.69, 9.17) is 23.2 Å². The van der Waals surface area contributed by atoms with Gasteiger partial charge in [-0.1, -0.05) is 35.3 Å². The molecule has 0 saturated heterocycles. The maximum absolute atomic E-state index is 11.8. The summed E-state index contributed by atoms with van der Waals surface area (Å²) in [6, 6.07) is 9.29. The number of carbonyl (C=O) groups excluding carboxylic acids is 1. The molecule has 1 heterocycles. The third kappa shape index (κ3) is 5.87. The van der Waals surface area contributed by atoms with E-state index in [9.17, 15) is 4.79 Å². The number of thioether (sulfide) groups is 1. The predicted octanol–water partition coefficient (Wildman–Crippen LogP) is 3.98. The van der Waals surface area contributed by atoms with Crippen LogP contribution in [0, 0.1) is 0 Å². The topological polar surface area (TPSA) is 42.0 Å². The van der Waals surface area contributed by atoms with Crippen molar-refractivity contribution in [1.82, 2.24) is 10.3 Å². The third-order valence-electron chi connectivity index (χ3n) is 2.96. The molecule has 1 amide bonds. The fourth-order valence-electron chi connectivity index (χ4n) is 1.84. The van der Waals surface area contributed by atoms with E-state index in [-0.39, 0.29) is 5.91 Å². The van der Waals surface area contributed by atoms with Gasteiger partial charge in [0.15, 0.2) is 0 Å². The van der Waals surface area contributed by atoms with Gasteiger partial charge in [0.1, 0.15) is 0 Å². The standard InChI is InChI=1S/C16H16Cl2N2OS/c17-14-4-3-13(15(18)8-14)10-22-11-16(21)20-7-5-12-2-1-6-19-9-12/h1-4,6,8-9H,5,7,10-11H2,(H,20,21). The number of hydrogen-bond acceptors (Lipinski definition) is 3. The molecule has 1 aromatic carbocycles. The van der Waals surface area contributed by atoms with E-state index in [2.05, 4.69) is 10.3 Å². The Labute approximate surface area is 144 Å². The number of carbonyl (C=O) groups is 1. The molecule has 116 valence electrons. The summed E-state index contributed by atoms with van der Waals surface area (Å²) in [6.07, 6.45) is 4.33. The van der Waals surface area contributed by atoms with E-state index in [1.54, 1.807) is 18.3 Å². The maximum atomic E-state index is 11.8. The van der Waals surface area contributed by atoms with Crippen molar-refractivity contribution in [3.8, 4) is 0 Å². The van der Waals surface area contributed by atoms with Crippen molar-refractivity contribution in [2.45, 2.75) is 12.2 Å². The summed E-state index contributed by atoms with van der Waals surface area (Å²) in [4.78, 5) is 15.8. The van der Waals surface area contributed by atoms with Crippen molar-refractivity contribution in [3.05, 3.63) is 63.9 Å². The van der Waals surface area contributed by atoms with Gasteiger partial charge in [-0.05, 0) is 35.7 Å². The minimum atomic E-state index is 0.0268. The monoisotopic (exact) mass is 354 g/mol. The normalized spacial score (nSPS) is 10.5. The molecule has 1 aromatic heterocycles. The summed E-state index contributed by atoms with van der Waals surface area (Å²) in [7, 11) is 0. The maximum Gasteiger partial charge on any atom is 0.230 e. The first-order valence-electron chi connectivity index (χ1n) is 6.82. The molecule has 1 N–H and O–H groups in total. The van der Waals surface area contributed by atoms with Crippen LogP contribution in [0.4, 0.5) is 0 Å². The molecule has 22 heavy (non-hydrogen) atoms. The molecule has 0 aliphatic heterocycles. The minimum Gasteiger partial charge on any atom is -0.355 e. The van der Waals surface area contributed by atoms with Crippen molar-refractivity contribution in [1.29, 1.82) is 0 Å². The highest BCUT2D eigenvalue weighted by Gasteiger charge is 2.05. The van der Waals surface area contributed by atoms with Crippen molar-refractivity contribution >= 4 is 40.9 Å². The molecule has 0 aliphatic carbocycles. The first-order valence-corrected chi connectivity index (χ1v) is 8.73. The Morgan fingerprint density at radius 2 is 2.14 bits per heavy atom. The fourth-order valence-corrected chi connectivity index (χ4v) is 3.25. The lowest BCUT2D eigenvalue weighted by molar-refractivity contribution is -0.118. The number of nitrogens with zero attached hydrogens (tertiary/aromatic N) is 1. The number of aromatic nitrogens is 1. The van der Waals surface area contributed by atoms with Gasteiger partial charge in [0, 0.05) is 34.7 Å². The van der Waals surface area contributed by atoms with Crippen LogP contribution in [0.1, 0.15) is 11.1 Å². The van der Waals surface area contributed by atoms with E-state index >= 15 is 0 Å². The molecular weight excluding hydrogens is 339 g/mol. The molecule has 3 nitrogen and oxygen atoms in total. The van der Waals surface area contributed by atoms with Crippen molar-refractivity contribution in [2.24, 2.45) is 0 Å². The summed E-state index contributed by atoms with van der Waals surface area (Å²) in [5, 5.41) is 4.15. The number of pyridine rings is 1. The van der Waals surface area contributed by atoms with E-state index in [1.165, 1.54) is 11.8 Å². The zero-order valence-corrected chi connectivity index (χ0v) is 14.2. The molecule has 2 aromatic rings. The quantitative estimate of drug-likeness (QED) is 0.817. The van der Waals surface area contributed by atoms with Crippen LogP contribution in [-0.4, -0.2) is 23.2 Å². The number of rotatable bonds is 7. The molecule has 2 rings (SSSR count). The van der Waals surface area contributed by atoms with Gasteiger partial charge in [0.25, 0.3) is 0 Å². The van der Waals surface area contributed by atoms with Crippen LogP contribution in [0.2, 0.25) is 10.0 Å². The van der Waals surface area contributed by atoms with Gasteiger partial charge in [0.05, 0.1) is 5.75 Å². The van der Waals surface area contributed by atoms with Crippen molar-refractivity contribution < 1.29 is 4.79 Å². The average molecular weight is 355 g/mol. The molecule has 0 bridgehead atoms. The van der Waals surface area contributed by atoms with Gasteiger partial charge < -0.3 is 5.32 Å². The number of hydrogen-bond donors (Lipinski definition) is 1. The number of amides is 1. The number of nitrogens with one attached hydrogen (secondary N) is 1. The Bertz CT molecular complexity index is 623. The lowest BCUT2D eigenvalue weighted by atomic mass is 10.2. The largest absolute Gasteiger partial charge is 0.355 e. The van der Waals surface area contributed by atoms with Gasteiger partial charge in [-0.15, -0.1) is 11.8 Å². The zero-order chi connectivity index (χ0) is 15.8. The van der Waals surface area contributed by atoms with E-state index < -0.39 is 0 Å². The molecule has 0 spiro atoms. The average Bonchev–Trinajstić information content (AvgIpc) is 2.50. The Morgan fingerprint density at radius 1 is 1.27 bits per heavy atom. The summed E-state index contributed by atoms with van der Waals surface area (Å²) in [5.74, 6) is 1.12. The highest BCUT2D eigenvalue weighted by Crippen LogP contribution is 2.24. The Balaban J connectivity index is 1.65. The first-order chi connectivity index (χ1) is 10.6. The van der Waals surface area contributed by atoms with Crippen LogP contribution in [0.5, 0.6) is 0 Å². The predicted molar refractivity (Wildman–Crippen MR) is 93.6 cm³/mol. The molecule has 0 radical (unpaired) electrons. The molecule has 6 heteroatoms. The number of halogens is 2. The summed E-state index contributed by atoms with van der Waals surface area (Å²) >= 11 is 13.5. The number of benzene rings is 1. The molecule has 0 atom stereocenters. The molecular formula is C16H16Cl2N2OS. The molecule has 0 fully saturated rings. The highest BCUT2D eigenvalue weighted by atomic mass is 35.5. The lowest BCUT2D eigenvalue weighted by Gasteiger charge is -2.06. The molecule has 0 unspecified atom stereocenters. The van der Waals surface area contributed by atoms with E-state index in [0.29, 0.717) is 28.1 Å². The lowest BCUT2D eigenvalue weighted by Crippen LogP contribution is -2.27. The minimum absolute atomic E-state index is 0.0268. The smallest absolute Gasteiger partial charge is 0.230 e. The molecule has 0 aliphatic rings. The van der Waals surface area contributed by atoms with Crippen LogP contribution in [0.3, 0.4) is 0 Å². The Morgan fingerprint density at radius 3 is 2.86 bits per heavy atom. The fraction of sp³-hybridized carbons (Fsp3) is 0.250. The van der Waals surface area contributed by atoms with Gasteiger partial charge in [-0.3, -0.25) is 9.78 Å². The van der Waals surface area contributed by atoms with Gasteiger partial charge in [0.2, 0.25) is 5.91 Å². The van der Waals surface area contributed by atoms with Gasteiger partial charge in [-0.25, -0.2) is 0 Å². The summed E-state index contributed by atoms with van der Waals surface area (Å²) in [6.45, 7) is 0.618. The second-order valence-corrected chi connectivity index (χ2v) is 6.52. The Hall–Kier alpha value is -1.23. The zero-order valence-electron chi connectivity index (χ0n) is 11.9. The SMILES string of the molecule is O=C(CSCc1ccc(Cl)cc1Cl)NCCc1cccnc1. The van der Waals surface area contributed by atoms with Crippen LogP contribution >= 0.6 is 35.0 Å². The van der Waals surface area contributed by atoms with Crippen molar-refractivity contribution in [3.63, 3.8) is 0 Å².